The van der Waals surface area contributed by atoms with Crippen molar-refractivity contribution in [2.45, 2.75) is 25.3 Å². The lowest BCUT2D eigenvalue weighted by Gasteiger charge is -2.31. The third-order valence-electron chi connectivity index (χ3n) is 5.14. The number of methoxy groups -OCH3 is 1. The Morgan fingerprint density at radius 2 is 2.12 bits per heavy atom. The van der Waals surface area contributed by atoms with Gasteiger partial charge in [-0.1, -0.05) is 5.21 Å². The first-order valence-electron chi connectivity index (χ1n) is 8.45. The van der Waals surface area contributed by atoms with Gasteiger partial charge in [0, 0.05) is 30.7 Å². The number of rotatable bonds is 4. The molecule has 0 bridgehead atoms. The minimum absolute atomic E-state index is 0.603. The molecule has 0 spiro atoms. The number of H-pyrrole nitrogens is 1. The molecule has 6 nitrogen and oxygen atoms in total. The summed E-state index contributed by atoms with van der Waals surface area (Å²) in [6, 6.07) is 6.25. The highest BCUT2D eigenvalue weighted by molar-refractivity contribution is 5.85. The smallest absolute Gasteiger partial charge is 0.119 e. The SMILES string of the molecule is COc1ccc2[nH]cc(C3CCN(Cc4cnnn4C)CC3)c2c1. The van der Waals surface area contributed by atoms with Crippen LogP contribution >= 0.6 is 0 Å². The third-order valence-corrected chi connectivity index (χ3v) is 5.14. The Balaban J connectivity index is 1.47. The molecule has 3 heterocycles. The summed E-state index contributed by atoms with van der Waals surface area (Å²) in [5, 5.41) is 9.27. The van der Waals surface area contributed by atoms with E-state index < -0.39 is 0 Å². The van der Waals surface area contributed by atoms with Crippen molar-refractivity contribution >= 4 is 10.9 Å². The number of aromatic amines is 1. The van der Waals surface area contributed by atoms with Gasteiger partial charge < -0.3 is 9.72 Å². The van der Waals surface area contributed by atoms with Crippen molar-refractivity contribution in [1.82, 2.24) is 24.9 Å². The average Bonchev–Trinajstić information content (AvgIpc) is 3.21. The molecular formula is C18H23N5O. The van der Waals surface area contributed by atoms with Crippen molar-refractivity contribution in [2.24, 2.45) is 7.05 Å². The van der Waals surface area contributed by atoms with E-state index in [2.05, 4.69) is 38.5 Å². The van der Waals surface area contributed by atoms with E-state index in [1.807, 2.05) is 24.0 Å². The van der Waals surface area contributed by atoms with E-state index in [0.29, 0.717) is 5.92 Å². The van der Waals surface area contributed by atoms with Gasteiger partial charge >= 0.3 is 0 Å². The van der Waals surface area contributed by atoms with E-state index in [1.54, 1.807) is 7.11 Å². The zero-order valence-corrected chi connectivity index (χ0v) is 14.2. The number of nitrogens with one attached hydrogen (secondary N) is 1. The fraction of sp³-hybridized carbons (Fsp3) is 0.444. The van der Waals surface area contributed by atoms with E-state index in [4.69, 9.17) is 4.74 Å². The summed E-state index contributed by atoms with van der Waals surface area (Å²) in [5.74, 6) is 1.52. The molecule has 3 aromatic rings. The second kappa shape index (κ2) is 6.28. The molecule has 1 saturated heterocycles. The maximum atomic E-state index is 5.38. The van der Waals surface area contributed by atoms with Crippen LogP contribution in [0.2, 0.25) is 0 Å². The van der Waals surface area contributed by atoms with Gasteiger partial charge in [0.05, 0.1) is 19.0 Å². The lowest BCUT2D eigenvalue weighted by Crippen LogP contribution is -2.33. The van der Waals surface area contributed by atoms with Gasteiger partial charge in [-0.15, -0.1) is 5.10 Å². The summed E-state index contributed by atoms with van der Waals surface area (Å²) in [5.41, 5.74) is 3.78. The molecule has 2 aromatic heterocycles. The van der Waals surface area contributed by atoms with Crippen molar-refractivity contribution < 1.29 is 4.74 Å². The van der Waals surface area contributed by atoms with Crippen LogP contribution in [-0.4, -0.2) is 45.1 Å². The number of hydrogen-bond acceptors (Lipinski definition) is 4. The highest BCUT2D eigenvalue weighted by atomic mass is 16.5. The van der Waals surface area contributed by atoms with Gasteiger partial charge in [0.25, 0.3) is 0 Å². The zero-order chi connectivity index (χ0) is 16.5. The number of ether oxygens (including phenoxy) is 1. The molecule has 0 radical (unpaired) electrons. The predicted molar refractivity (Wildman–Crippen MR) is 93.1 cm³/mol. The van der Waals surface area contributed by atoms with E-state index >= 15 is 0 Å². The molecule has 0 aliphatic carbocycles. The van der Waals surface area contributed by atoms with Crippen LogP contribution in [-0.2, 0) is 13.6 Å². The number of benzene rings is 1. The van der Waals surface area contributed by atoms with Crippen molar-refractivity contribution in [3.63, 3.8) is 0 Å². The van der Waals surface area contributed by atoms with Crippen LogP contribution in [0.4, 0.5) is 0 Å². The molecule has 1 aliphatic rings. The van der Waals surface area contributed by atoms with Gasteiger partial charge in [-0.2, -0.15) is 0 Å². The van der Waals surface area contributed by atoms with E-state index in [0.717, 1.165) is 25.4 Å². The summed E-state index contributed by atoms with van der Waals surface area (Å²) in [4.78, 5) is 5.89. The van der Waals surface area contributed by atoms with Gasteiger partial charge in [0.15, 0.2) is 0 Å². The molecule has 0 atom stereocenters. The molecule has 1 aliphatic heterocycles. The van der Waals surface area contributed by atoms with Gasteiger partial charge in [-0.3, -0.25) is 9.58 Å². The van der Waals surface area contributed by atoms with Crippen LogP contribution in [0.1, 0.15) is 30.0 Å². The van der Waals surface area contributed by atoms with Crippen LogP contribution in [0.3, 0.4) is 0 Å². The molecule has 1 fully saturated rings. The van der Waals surface area contributed by atoms with Gasteiger partial charge in [-0.05, 0) is 55.6 Å². The fourth-order valence-electron chi connectivity index (χ4n) is 3.67. The molecule has 1 N–H and O–H groups in total. The topological polar surface area (TPSA) is 59.0 Å². The molecular weight excluding hydrogens is 302 g/mol. The maximum absolute atomic E-state index is 5.38. The Labute approximate surface area is 141 Å². The van der Waals surface area contributed by atoms with E-state index in [1.165, 1.54) is 35.0 Å². The molecule has 6 heteroatoms. The lowest BCUT2D eigenvalue weighted by molar-refractivity contribution is 0.200. The number of nitrogens with zero attached hydrogens (tertiary/aromatic N) is 4. The number of fused-ring (bicyclic) bond motifs is 1. The highest BCUT2D eigenvalue weighted by Crippen LogP contribution is 2.34. The van der Waals surface area contributed by atoms with E-state index in [9.17, 15) is 0 Å². The summed E-state index contributed by atoms with van der Waals surface area (Å²) in [6.07, 6.45) is 6.39. The van der Waals surface area contributed by atoms with Crippen LogP contribution in [0, 0.1) is 0 Å². The number of hydrogen-bond donors (Lipinski definition) is 1. The van der Waals surface area contributed by atoms with Crippen molar-refractivity contribution in [2.75, 3.05) is 20.2 Å². The number of piperidine rings is 1. The normalized spacial score (nSPS) is 16.8. The first kappa shape index (κ1) is 15.2. The number of likely N-dealkylation sites (tertiary alicyclic amines) is 1. The monoisotopic (exact) mass is 325 g/mol. The standard InChI is InChI=1S/C18H23N5O/c1-22-14(10-20-21-22)12-23-7-5-13(6-8-23)17-11-19-18-4-3-15(24-2)9-16(17)18/h3-4,9-11,13,19H,5-8,12H2,1-2H3. The Kier molecular flexibility index (Phi) is 3.98. The predicted octanol–water partition coefficient (Wildman–Crippen LogP) is 2.68. The zero-order valence-electron chi connectivity index (χ0n) is 14.2. The summed E-state index contributed by atoms with van der Waals surface area (Å²) in [7, 11) is 3.67. The summed E-state index contributed by atoms with van der Waals surface area (Å²) < 4.78 is 7.24. The molecule has 4 rings (SSSR count). The number of aromatic nitrogens is 4. The Morgan fingerprint density at radius 3 is 2.83 bits per heavy atom. The molecule has 126 valence electrons. The quantitative estimate of drug-likeness (QED) is 0.801. The summed E-state index contributed by atoms with van der Waals surface area (Å²) in [6.45, 7) is 3.14. The fourth-order valence-corrected chi connectivity index (χ4v) is 3.67. The van der Waals surface area contributed by atoms with Gasteiger partial charge in [0.1, 0.15) is 5.75 Å². The molecule has 1 aromatic carbocycles. The van der Waals surface area contributed by atoms with Crippen LogP contribution < -0.4 is 4.74 Å². The lowest BCUT2D eigenvalue weighted by atomic mass is 9.89. The second-order valence-electron chi connectivity index (χ2n) is 6.55. The second-order valence-corrected chi connectivity index (χ2v) is 6.55. The van der Waals surface area contributed by atoms with Crippen molar-refractivity contribution in [3.05, 3.63) is 41.9 Å². The van der Waals surface area contributed by atoms with Gasteiger partial charge in [-0.25, -0.2) is 0 Å². The Hall–Kier alpha value is -2.34. The first-order valence-corrected chi connectivity index (χ1v) is 8.45. The average molecular weight is 325 g/mol. The largest absolute Gasteiger partial charge is 0.497 e. The van der Waals surface area contributed by atoms with Crippen molar-refractivity contribution in [3.8, 4) is 5.75 Å². The minimum atomic E-state index is 0.603. The molecule has 0 amide bonds. The van der Waals surface area contributed by atoms with E-state index in [-0.39, 0.29) is 0 Å². The Bertz CT molecular complexity index is 829. The van der Waals surface area contributed by atoms with Crippen molar-refractivity contribution in [1.29, 1.82) is 0 Å². The summed E-state index contributed by atoms with van der Waals surface area (Å²) >= 11 is 0. The third kappa shape index (κ3) is 2.78. The minimum Gasteiger partial charge on any atom is -0.497 e. The van der Waals surface area contributed by atoms with Crippen LogP contribution in [0.15, 0.2) is 30.6 Å². The highest BCUT2D eigenvalue weighted by Gasteiger charge is 2.23. The van der Waals surface area contributed by atoms with Crippen LogP contribution in [0.25, 0.3) is 10.9 Å². The molecule has 24 heavy (non-hydrogen) atoms. The van der Waals surface area contributed by atoms with Gasteiger partial charge in [0.2, 0.25) is 0 Å². The maximum Gasteiger partial charge on any atom is 0.119 e. The first-order chi connectivity index (χ1) is 11.7. The Morgan fingerprint density at radius 1 is 1.29 bits per heavy atom. The molecule has 0 unspecified atom stereocenters. The molecule has 0 saturated carbocycles. The number of aryl methyl sites for hydroxylation is 1. The van der Waals surface area contributed by atoms with Crippen LogP contribution in [0.5, 0.6) is 5.75 Å².